The molecule has 2 unspecified atom stereocenters. The van der Waals surface area contributed by atoms with E-state index in [0.29, 0.717) is 24.1 Å². The van der Waals surface area contributed by atoms with E-state index in [1.165, 1.54) is 199 Å². The highest BCUT2D eigenvalue weighted by molar-refractivity contribution is 7.47. The van der Waals surface area contributed by atoms with Crippen LogP contribution in [0.5, 0.6) is 0 Å². The Kier molecular flexibility index (Phi) is 51.1. The average Bonchev–Trinajstić information content (AvgIpc) is 3.30. The molecule has 68 heavy (non-hydrogen) atoms. The third kappa shape index (κ3) is 55.6. The maximum Gasteiger partial charge on any atom is 0.472 e. The second-order valence-electron chi connectivity index (χ2n) is 21.0. The van der Waals surface area contributed by atoms with E-state index in [-0.39, 0.29) is 25.8 Å². The van der Waals surface area contributed by atoms with E-state index in [2.05, 4.69) is 50.3 Å². The summed E-state index contributed by atoms with van der Waals surface area (Å²) >= 11 is 0. The largest absolute Gasteiger partial charge is 0.472 e. The molecule has 0 saturated heterocycles. The standard InChI is InChI=1S/C59H114NO7P/c1-6-8-10-12-14-16-18-20-22-24-26-28-29-30-31-33-35-37-39-41-43-45-47-49-51-54-64-56-58(57-66-68(62,63)65-55-53-60(3,4)5)67-59(61)52-50-48-46-44-42-40-38-36-34-32-27-25-23-21-19-17-15-13-11-9-7-2/h19,21,25,27,34,36,58H,6-18,20,22-24,26,28-33,35,37-57H2,1-5H3/p+1/b21-19-,27-25-,36-34-. The van der Waals surface area contributed by atoms with Crippen LogP contribution < -0.4 is 0 Å². The van der Waals surface area contributed by atoms with Gasteiger partial charge in [-0.1, -0.05) is 256 Å². The number of carbonyl (C=O) groups excluding carboxylic acids is 1. The number of phosphoric ester groups is 1. The second-order valence-corrected chi connectivity index (χ2v) is 22.5. The zero-order valence-electron chi connectivity index (χ0n) is 45.9. The van der Waals surface area contributed by atoms with Gasteiger partial charge in [-0.25, -0.2) is 4.57 Å². The van der Waals surface area contributed by atoms with Crippen molar-refractivity contribution in [1.82, 2.24) is 0 Å². The number of unbranched alkanes of at least 4 members (excludes halogenated alkanes) is 35. The Morgan fingerprint density at radius 3 is 1.21 bits per heavy atom. The van der Waals surface area contributed by atoms with Crippen molar-refractivity contribution >= 4 is 13.8 Å². The zero-order chi connectivity index (χ0) is 49.8. The molecule has 0 aromatic carbocycles. The molecular formula is C59H115NO7P+. The van der Waals surface area contributed by atoms with Crippen LogP contribution in [0, 0.1) is 0 Å². The van der Waals surface area contributed by atoms with E-state index in [0.717, 1.165) is 57.8 Å². The van der Waals surface area contributed by atoms with Crippen LogP contribution in [-0.4, -0.2) is 75.6 Å². The molecule has 0 aliphatic carbocycles. The van der Waals surface area contributed by atoms with E-state index in [4.69, 9.17) is 18.5 Å². The summed E-state index contributed by atoms with van der Waals surface area (Å²) in [5.74, 6) is -0.320. The van der Waals surface area contributed by atoms with E-state index < -0.39 is 13.9 Å². The highest BCUT2D eigenvalue weighted by Crippen LogP contribution is 2.43. The summed E-state index contributed by atoms with van der Waals surface area (Å²) in [6, 6.07) is 0. The molecule has 0 fully saturated rings. The Morgan fingerprint density at radius 2 is 0.809 bits per heavy atom. The van der Waals surface area contributed by atoms with Gasteiger partial charge in [0, 0.05) is 13.0 Å². The Balaban J connectivity index is 4.06. The smallest absolute Gasteiger partial charge is 0.457 e. The number of allylic oxidation sites excluding steroid dienone is 6. The fourth-order valence-electron chi connectivity index (χ4n) is 8.45. The molecule has 2 atom stereocenters. The Morgan fingerprint density at radius 1 is 0.456 bits per heavy atom. The molecule has 0 spiro atoms. The van der Waals surface area contributed by atoms with Crippen molar-refractivity contribution in [2.24, 2.45) is 0 Å². The fourth-order valence-corrected chi connectivity index (χ4v) is 9.19. The molecular weight excluding hydrogens is 866 g/mol. The molecule has 0 radical (unpaired) electrons. The molecule has 0 aromatic rings. The van der Waals surface area contributed by atoms with Gasteiger partial charge in [-0.05, 0) is 51.4 Å². The monoisotopic (exact) mass is 981 g/mol. The van der Waals surface area contributed by atoms with Gasteiger partial charge in [-0.2, -0.15) is 0 Å². The van der Waals surface area contributed by atoms with Crippen LogP contribution in [0.4, 0.5) is 0 Å². The minimum Gasteiger partial charge on any atom is -0.457 e. The average molecular weight is 982 g/mol. The molecule has 0 aromatic heterocycles. The summed E-state index contributed by atoms with van der Waals surface area (Å²) in [5.41, 5.74) is 0. The highest BCUT2D eigenvalue weighted by Gasteiger charge is 2.26. The molecule has 8 nitrogen and oxygen atoms in total. The number of ether oxygens (including phenoxy) is 2. The van der Waals surface area contributed by atoms with Gasteiger partial charge in [0.2, 0.25) is 0 Å². The summed E-state index contributed by atoms with van der Waals surface area (Å²) in [4.78, 5) is 23.1. The van der Waals surface area contributed by atoms with Gasteiger partial charge in [-0.15, -0.1) is 0 Å². The van der Waals surface area contributed by atoms with Crippen molar-refractivity contribution in [2.45, 2.75) is 283 Å². The number of likely N-dealkylation sites (N-methyl/N-ethyl adjacent to an activating group) is 1. The summed E-state index contributed by atoms with van der Waals surface area (Å²) < 4.78 is 35.3. The predicted octanol–water partition coefficient (Wildman–Crippen LogP) is 18.5. The minimum absolute atomic E-state index is 0.0871. The first-order valence-electron chi connectivity index (χ1n) is 29.2. The van der Waals surface area contributed by atoms with Gasteiger partial charge in [0.15, 0.2) is 0 Å². The lowest BCUT2D eigenvalue weighted by Gasteiger charge is -2.24. The Hall–Kier alpha value is -1.28. The Labute approximate surface area is 423 Å². The van der Waals surface area contributed by atoms with Crippen LogP contribution >= 0.6 is 7.82 Å². The first-order valence-corrected chi connectivity index (χ1v) is 30.7. The predicted molar refractivity (Wildman–Crippen MR) is 293 cm³/mol. The zero-order valence-corrected chi connectivity index (χ0v) is 46.8. The molecule has 0 heterocycles. The van der Waals surface area contributed by atoms with Crippen molar-refractivity contribution in [1.29, 1.82) is 0 Å². The first kappa shape index (κ1) is 66.7. The van der Waals surface area contributed by atoms with Crippen molar-refractivity contribution in [3.05, 3.63) is 36.5 Å². The van der Waals surface area contributed by atoms with Gasteiger partial charge in [0.05, 0.1) is 34.4 Å². The van der Waals surface area contributed by atoms with Crippen molar-refractivity contribution in [3.8, 4) is 0 Å². The highest BCUT2D eigenvalue weighted by atomic mass is 31.2. The van der Waals surface area contributed by atoms with Crippen LogP contribution in [0.15, 0.2) is 36.5 Å². The topological polar surface area (TPSA) is 91.3 Å². The fraction of sp³-hybridized carbons (Fsp3) is 0.881. The van der Waals surface area contributed by atoms with E-state index in [9.17, 15) is 14.3 Å². The normalized spacial score (nSPS) is 13.7. The minimum atomic E-state index is -4.29. The van der Waals surface area contributed by atoms with Crippen molar-refractivity contribution in [3.63, 3.8) is 0 Å². The van der Waals surface area contributed by atoms with Gasteiger partial charge in [0.1, 0.15) is 19.3 Å². The quantitative estimate of drug-likeness (QED) is 0.0213. The number of carbonyl (C=O) groups is 1. The molecule has 0 saturated carbocycles. The molecule has 9 heteroatoms. The van der Waals surface area contributed by atoms with Gasteiger partial charge in [0.25, 0.3) is 0 Å². The second kappa shape index (κ2) is 52.1. The van der Waals surface area contributed by atoms with E-state index in [1.54, 1.807) is 0 Å². The third-order valence-electron chi connectivity index (χ3n) is 13.0. The number of esters is 1. The van der Waals surface area contributed by atoms with Crippen LogP contribution in [0.2, 0.25) is 0 Å². The van der Waals surface area contributed by atoms with E-state index >= 15 is 0 Å². The Bertz CT molecular complexity index is 1180. The number of hydrogen-bond acceptors (Lipinski definition) is 6. The van der Waals surface area contributed by atoms with Crippen LogP contribution in [0.3, 0.4) is 0 Å². The number of hydrogen-bond donors (Lipinski definition) is 1. The summed E-state index contributed by atoms with van der Waals surface area (Å²) in [7, 11) is 1.67. The summed E-state index contributed by atoms with van der Waals surface area (Å²) in [5, 5.41) is 0. The molecule has 0 bridgehead atoms. The number of rotatable bonds is 55. The summed E-state index contributed by atoms with van der Waals surface area (Å²) in [6.45, 7) is 5.65. The molecule has 1 N–H and O–H groups in total. The first-order chi connectivity index (χ1) is 33.1. The van der Waals surface area contributed by atoms with Gasteiger partial charge < -0.3 is 18.9 Å². The van der Waals surface area contributed by atoms with Gasteiger partial charge in [-0.3, -0.25) is 13.8 Å². The third-order valence-corrected chi connectivity index (χ3v) is 13.9. The van der Waals surface area contributed by atoms with Crippen LogP contribution in [-0.2, 0) is 27.9 Å². The maximum atomic E-state index is 12.8. The number of phosphoric acid groups is 1. The lowest BCUT2D eigenvalue weighted by molar-refractivity contribution is -0.870. The maximum absolute atomic E-state index is 12.8. The number of nitrogens with zero attached hydrogens (tertiary/aromatic N) is 1. The SMILES string of the molecule is CCCCCCC/C=C\C/C=C\C/C=C\CCCCCCCCC(=O)OC(COCCCCCCCCCCCCCCCCCCCCCCCCCCC)COP(=O)(O)OCC[N+](C)(C)C. The lowest BCUT2D eigenvalue weighted by Crippen LogP contribution is -2.37. The molecule has 402 valence electrons. The van der Waals surface area contributed by atoms with Crippen molar-refractivity contribution < 1.29 is 37.3 Å². The van der Waals surface area contributed by atoms with Crippen LogP contribution in [0.25, 0.3) is 0 Å². The molecule has 0 aliphatic rings. The van der Waals surface area contributed by atoms with E-state index in [1.807, 2.05) is 21.1 Å². The molecule has 0 aliphatic heterocycles. The molecule has 0 rings (SSSR count). The van der Waals surface area contributed by atoms with Crippen LogP contribution in [0.1, 0.15) is 277 Å². The van der Waals surface area contributed by atoms with Gasteiger partial charge >= 0.3 is 13.8 Å². The number of quaternary nitrogens is 1. The summed E-state index contributed by atoms with van der Waals surface area (Å²) in [6.07, 6.45) is 65.0. The molecule has 0 amide bonds. The lowest BCUT2D eigenvalue weighted by atomic mass is 10.0. The van der Waals surface area contributed by atoms with Crippen molar-refractivity contribution in [2.75, 3.05) is 54.1 Å².